The molecule has 0 aliphatic rings. The predicted octanol–water partition coefficient (Wildman–Crippen LogP) is 6.83. The predicted molar refractivity (Wildman–Crippen MR) is 159 cm³/mol. The van der Waals surface area contributed by atoms with E-state index in [2.05, 4.69) is 81.1 Å². The number of aromatic nitrogens is 2. The smallest absolute Gasteiger partial charge is 0.326 e. The van der Waals surface area contributed by atoms with Gasteiger partial charge in [0.15, 0.2) is 5.82 Å². The number of benzene rings is 3. The van der Waals surface area contributed by atoms with Crippen LogP contribution in [-0.2, 0) is 22.0 Å². The van der Waals surface area contributed by atoms with E-state index in [-0.39, 0.29) is 17.3 Å². The van der Waals surface area contributed by atoms with Crippen molar-refractivity contribution in [3.8, 4) is 22.5 Å². The Labute approximate surface area is 236 Å². The van der Waals surface area contributed by atoms with E-state index in [1.807, 2.05) is 48.8 Å². The fourth-order valence-electron chi connectivity index (χ4n) is 4.38. The molecule has 0 spiro atoms. The van der Waals surface area contributed by atoms with Crippen molar-refractivity contribution in [2.45, 2.75) is 64.8 Å². The summed E-state index contributed by atoms with van der Waals surface area (Å²) in [5, 5.41) is 12.4. The molecule has 40 heavy (non-hydrogen) atoms. The maximum absolute atomic E-state index is 12.7. The summed E-state index contributed by atoms with van der Waals surface area (Å²) < 4.78 is 0. The summed E-state index contributed by atoms with van der Waals surface area (Å²) in [6.07, 6.45) is 3.78. The first kappa shape index (κ1) is 28.7. The van der Waals surface area contributed by atoms with Crippen LogP contribution in [0, 0.1) is 0 Å². The van der Waals surface area contributed by atoms with Gasteiger partial charge in [-0.1, -0.05) is 102 Å². The Kier molecular flexibility index (Phi) is 8.19. The van der Waals surface area contributed by atoms with Gasteiger partial charge in [-0.05, 0) is 45.2 Å². The molecule has 206 valence electrons. The SMILES string of the molecule is CC(C)(C)c1ccc(C(=O)N[C@@H](Cc2ccc(-c3ncc(-c4ccc(C(C)(C)C)cc4)cn3)cc2)C(=O)O)cc1. The second-order valence-corrected chi connectivity index (χ2v) is 12.2. The van der Waals surface area contributed by atoms with Gasteiger partial charge in [0, 0.05) is 35.5 Å². The van der Waals surface area contributed by atoms with Gasteiger partial charge in [-0.15, -0.1) is 0 Å². The van der Waals surface area contributed by atoms with Gasteiger partial charge in [0.05, 0.1) is 0 Å². The Balaban J connectivity index is 1.41. The Morgan fingerprint density at radius 3 is 1.65 bits per heavy atom. The van der Waals surface area contributed by atoms with Gasteiger partial charge in [-0.25, -0.2) is 14.8 Å². The standard InChI is InChI=1S/C34H37N3O3/c1-33(2,3)27-15-11-23(12-16-27)26-20-35-30(36-21-26)24-9-7-22(8-10-24)19-29(32(39)40)37-31(38)25-13-17-28(18-14-25)34(4,5)6/h7-18,20-21,29H,19H2,1-6H3,(H,37,38)(H,39,40)/t29-/m0/s1. The van der Waals surface area contributed by atoms with E-state index in [0.29, 0.717) is 11.4 Å². The van der Waals surface area contributed by atoms with Crippen LogP contribution in [0.2, 0.25) is 0 Å². The number of aliphatic carboxylic acids is 1. The van der Waals surface area contributed by atoms with Crippen molar-refractivity contribution in [2.24, 2.45) is 0 Å². The molecule has 4 rings (SSSR count). The first-order valence-electron chi connectivity index (χ1n) is 13.5. The molecule has 3 aromatic carbocycles. The molecule has 1 atom stereocenters. The molecule has 0 fully saturated rings. The van der Waals surface area contributed by atoms with Crippen molar-refractivity contribution in [3.63, 3.8) is 0 Å². The second kappa shape index (κ2) is 11.4. The molecule has 0 saturated carbocycles. The summed E-state index contributed by atoms with van der Waals surface area (Å²) in [6, 6.07) is 22.1. The number of amides is 1. The zero-order valence-electron chi connectivity index (χ0n) is 24.0. The lowest BCUT2D eigenvalue weighted by Crippen LogP contribution is -2.42. The molecular formula is C34H37N3O3. The van der Waals surface area contributed by atoms with Crippen LogP contribution in [-0.4, -0.2) is 33.0 Å². The average molecular weight is 536 g/mol. The number of nitrogens with zero attached hydrogens (tertiary/aromatic N) is 2. The van der Waals surface area contributed by atoms with Gasteiger partial charge >= 0.3 is 5.97 Å². The van der Waals surface area contributed by atoms with Gasteiger partial charge in [-0.3, -0.25) is 4.79 Å². The number of carbonyl (C=O) groups excluding carboxylic acids is 1. The molecule has 0 bridgehead atoms. The van der Waals surface area contributed by atoms with Crippen molar-refractivity contribution in [3.05, 3.63) is 107 Å². The van der Waals surface area contributed by atoms with Gasteiger partial charge in [-0.2, -0.15) is 0 Å². The van der Waals surface area contributed by atoms with Gasteiger partial charge < -0.3 is 10.4 Å². The number of hydrogen-bond donors (Lipinski definition) is 2. The van der Waals surface area contributed by atoms with Gasteiger partial charge in [0.1, 0.15) is 6.04 Å². The van der Waals surface area contributed by atoms with Crippen LogP contribution in [0.3, 0.4) is 0 Å². The van der Waals surface area contributed by atoms with E-state index in [1.165, 1.54) is 5.56 Å². The molecule has 0 aliphatic heterocycles. The molecule has 1 heterocycles. The highest BCUT2D eigenvalue weighted by Gasteiger charge is 2.22. The minimum absolute atomic E-state index is 0.0315. The van der Waals surface area contributed by atoms with Gasteiger partial charge in [0.2, 0.25) is 0 Å². The number of carbonyl (C=O) groups is 2. The number of nitrogens with one attached hydrogen (secondary N) is 1. The number of rotatable bonds is 7. The van der Waals surface area contributed by atoms with E-state index in [9.17, 15) is 14.7 Å². The summed E-state index contributed by atoms with van der Waals surface area (Å²) in [4.78, 5) is 33.8. The largest absolute Gasteiger partial charge is 0.480 e. The zero-order chi connectivity index (χ0) is 29.1. The summed E-state index contributed by atoms with van der Waals surface area (Å²) in [6.45, 7) is 12.9. The fourth-order valence-corrected chi connectivity index (χ4v) is 4.38. The Bertz CT molecular complexity index is 1460. The average Bonchev–Trinajstić information content (AvgIpc) is 2.92. The minimum atomic E-state index is -1.09. The summed E-state index contributed by atoms with van der Waals surface area (Å²) in [7, 11) is 0. The van der Waals surface area contributed by atoms with Crippen molar-refractivity contribution in [2.75, 3.05) is 0 Å². The highest BCUT2D eigenvalue weighted by molar-refractivity contribution is 5.96. The first-order chi connectivity index (χ1) is 18.8. The van der Waals surface area contributed by atoms with Crippen LogP contribution in [0.1, 0.15) is 68.6 Å². The van der Waals surface area contributed by atoms with E-state index < -0.39 is 17.9 Å². The molecule has 1 amide bonds. The molecule has 0 aliphatic carbocycles. The summed E-state index contributed by atoms with van der Waals surface area (Å²) >= 11 is 0. The Morgan fingerprint density at radius 1 is 0.700 bits per heavy atom. The molecule has 0 radical (unpaired) electrons. The van der Waals surface area contributed by atoms with Crippen molar-refractivity contribution < 1.29 is 14.7 Å². The quantitative estimate of drug-likeness (QED) is 0.271. The number of hydrogen-bond acceptors (Lipinski definition) is 4. The summed E-state index contributed by atoms with van der Waals surface area (Å²) in [5.74, 6) is -0.910. The molecular weight excluding hydrogens is 498 g/mol. The lowest BCUT2D eigenvalue weighted by molar-refractivity contribution is -0.139. The third-order valence-corrected chi connectivity index (χ3v) is 7.00. The topological polar surface area (TPSA) is 92.2 Å². The zero-order valence-corrected chi connectivity index (χ0v) is 24.0. The van der Waals surface area contributed by atoms with E-state index in [4.69, 9.17) is 0 Å². The molecule has 1 aromatic heterocycles. The van der Waals surface area contributed by atoms with Crippen molar-refractivity contribution >= 4 is 11.9 Å². The highest BCUT2D eigenvalue weighted by atomic mass is 16.4. The molecule has 6 nitrogen and oxygen atoms in total. The molecule has 0 unspecified atom stereocenters. The normalized spacial score (nSPS) is 12.6. The maximum Gasteiger partial charge on any atom is 0.326 e. The van der Waals surface area contributed by atoms with E-state index >= 15 is 0 Å². The third kappa shape index (κ3) is 7.00. The van der Waals surface area contributed by atoms with Gasteiger partial charge in [0.25, 0.3) is 5.91 Å². The minimum Gasteiger partial charge on any atom is -0.480 e. The monoisotopic (exact) mass is 535 g/mol. The lowest BCUT2D eigenvalue weighted by atomic mass is 9.86. The second-order valence-electron chi connectivity index (χ2n) is 12.2. The van der Waals surface area contributed by atoms with E-state index in [0.717, 1.165) is 27.8 Å². The number of carboxylic acid groups (broad SMARTS) is 1. The highest BCUT2D eigenvalue weighted by Crippen LogP contribution is 2.26. The van der Waals surface area contributed by atoms with Crippen LogP contribution < -0.4 is 5.32 Å². The van der Waals surface area contributed by atoms with Crippen LogP contribution in [0.15, 0.2) is 85.2 Å². The van der Waals surface area contributed by atoms with Crippen LogP contribution in [0.5, 0.6) is 0 Å². The van der Waals surface area contributed by atoms with E-state index in [1.54, 1.807) is 12.1 Å². The maximum atomic E-state index is 12.7. The molecule has 2 N–H and O–H groups in total. The lowest BCUT2D eigenvalue weighted by Gasteiger charge is -2.19. The third-order valence-electron chi connectivity index (χ3n) is 7.00. The number of carboxylic acids is 1. The van der Waals surface area contributed by atoms with Crippen LogP contribution in [0.25, 0.3) is 22.5 Å². The first-order valence-corrected chi connectivity index (χ1v) is 13.5. The molecule has 6 heteroatoms. The van der Waals surface area contributed by atoms with Crippen LogP contribution >= 0.6 is 0 Å². The molecule has 4 aromatic rings. The molecule has 0 saturated heterocycles. The summed E-state index contributed by atoms with van der Waals surface area (Å²) in [5.41, 5.74) is 6.48. The van der Waals surface area contributed by atoms with Crippen molar-refractivity contribution in [1.29, 1.82) is 0 Å². The van der Waals surface area contributed by atoms with Crippen molar-refractivity contribution in [1.82, 2.24) is 15.3 Å². The van der Waals surface area contributed by atoms with Crippen LogP contribution in [0.4, 0.5) is 0 Å². The fraction of sp³-hybridized carbons (Fsp3) is 0.294. The Morgan fingerprint density at radius 2 is 1.18 bits per heavy atom. The Hall–Kier alpha value is -4.32.